The maximum absolute atomic E-state index is 12.1. The number of carbonyl (C=O) groups is 1. The molecule has 18 heavy (non-hydrogen) atoms. The Labute approximate surface area is 108 Å². The van der Waals surface area contributed by atoms with E-state index in [0.717, 1.165) is 6.42 Å². The Hall–Kier alpha value is -1.71. The summed E-state index contributed by atoms with van der Waals surface area (Å²) in [6, 6.07) is 5.23. The summed E-state index contributed by atoms with van der Waals surface area (Å²) in [7, 11) is 0. The molecule has 98 valence electrons. The standard InChI is InChI=1S/C14H21N3O/c1-8-3-4-13(9(8)2)17-14(18)10-5-11(15)7-12(16)6-10/h5-9,13H,3-4,15-16H2,1-2H3,(H,17,18). The highest BCUT2D eigenvalue weighted by Gasteiger charge is 2.30. The molecule has 1 saturated carbocycles. The van der Waals surface area contributed by atoms with Crippen LogP contribution < -0.4 is 16.8 Å². The van der Waals surface area contributed by atoms with Crippen LogP contribution in [0.3, 0.4) is 0 Å². The highest BCUT2D eigenvalue weighted by atomic mass is 16.1. The molecular formula is C14H21N3O. The van der Waals surface area contributed by atoms with Crippen LogP contribution in [0.15, 0.2) is 18.2 Å². The van der Waals surface area contributed by atoms with Gasteiger partial charge < -0.3 is 16.8 Å². The van der Waals surface area contributed by atoms with E-state index in [4.69, 9.17) is 11.5 Å². The van der Waals surface area contributed by atoms with Crippen molar-refractivity contribution in [3.63, 3.8) is 0 Å². The molecule has 3 atom stereocenters. The van der Waals surface area contributed by atoms with Gasteiger partial charge in [0.05, 0.1) is 0 Å². The predicted molar refractivity (Wildman–Crippen MR) is 74.1 cm³/mol. The number of hydrogen-bond acceptors (Lipinski definition) is 3. The average Bonchev–Trinajstić information content (AvgIpc) is 2.59. The number of nitrogens with one attached hydrogen (secondary N) is 1. The van der Waals surface area contributed by atoms with Gasteiger partial charge in [0.15, 0.2) is 0 Å². The molecule has 1 fully saturated rings. The molecular weight excluding hydrogens is 226 g/mol. The van der Waals surface area contributed by atoms with Gasteiger partial charge in [0.1, 0.15) is 0 Å². The maximum Gasteiger partial charge on any atom is 0.251 e. The second-order valence-electron chi connectivity index (χ2n) is 5.38. The van der Waals surface area contributed by atoms with Crippen LogP contribution >= 0.6 is 0 Å². The third-order valence-corrected chi connectivity index (χ3v) is 4.02. The first-order chi connectivity index (χ1) is 8.47. The molecule has 1 amide bonds. The van der Waals surface area contributed by atoms with Crippen LogP contribution in [0.25, 0.3) is 0 Å². The van der Waals surface area contributed by atoms with Gasteiger partial charge in [-0.3, -0.25) is 4.79 Å². The number of carbonyl (C=O) groups excluding carboxylic acids is 1. The van der Waals surface area contributed by atoms with Gasteiger partial charge in [-0.15, -0.1) is 0 Å². The molecule has 5 N–H and O–H groups in total. The van der Waals surface area contributed by atoms with Gasteiger partial charge in [-0.1, -0.05) is 13.8 Å². The highest BCUT2D eigenvalue weighted by Crippen LogP contribution is 2.31. The Morgan fingerprint density at radius 2 is 1.78 bits per heavy atom. The van der Waals surface area contributed by atoms with Crippen molar-refractivity contribution in [3.8, 4) is 0 Å². The van der Waals surface area contributed by atoms with E-state index >= 15 is 0 Å². The number of hydrogen-bond donors (Lipinski definition) is 3. The van der Waals surface area contributed by atoms with E-state index in [1.807, 2.05) is 0 Å². The molecule has 0 spiro atoms. The van der Waals surface area contributed by atoms with Gasteiger partial charge in [0.2, 0.25) is 0 Å². The van der Waals surface area contributed by atoms with Crippen molar-refractivity contribution in [2.75, 3.05) is 11.5 Å². The minimum atomic E-state index is -0.0834. The molecule has 0 aliphatic heterocycles. The summed E-state index contributed by atoms with van der Waals surface area (Å²) >= 11 is 0. The van der Waals surface area contributed by atoms with Crippen LogP contribution in [0.1, 0.15) is 37.0 Å². The van der Waals surface area contributed by atoms with Crippen LogP contribution in [0, 0.1) is 11.8 Å². The molecule has 0 heterocycles. The summed E-state index contributed by atoms with van der Waals surface area (Å²) in [5.74, 6) is 1.11. The van der Waals surface area contributed by atoms with Gasteiger partial charge in [-0.05, 0) is 42.9 Å². The van der Waals surface area contributed by atoms with Crippen LogP contribution in [0.2, 0.25) is 0 Å². The van der Waals surface area contributed by atoms with Crippen molar-refractivity contribution < 1.29 is 4.79 Å². The molecule has 2 rings (SSSR count). The third kappa shape index (κ3) is 2.58. The zero-order valence-corrected chi connectivity index (χ0v) is 10.9. The molecule has 0 aromatic heterocycles. The SMILES string of the molecule is CC1CCC(NC(=O)c2cc(N)cc(N)c2)C1C. The van der Waals surface area contributed by atoms with E-state index in [2.05, 4.69) is 19.2 Å². The lowest BCUT2D eigenvalue weighted by molar-refractivity contribution is 0.0927. The lowest BCUT2D eigenvalue weighted by Gasteiger charge is -2.19. The van der Waals surface area contributed by atoms with E-state index in [9.17, 15) is 4.79 Å². The minimum absolute atomic E-state index is 0.0834. The summed E-state index contributed by atoms with van der Waals surface area (Å²) in [5.41, 5.74) is 13.0. The molecule has 0 saturated heterocycles. The first-order valence-corrected chi connectivity index (χ1v) is 6.44. The molecule has 3 unspecified atom stereocenters. The molecule has 1 aromatic carbocycles. The van der Waals surface area contributed by atoms with Gasteiger partial charge in [-0.2, -0.15) is 0 Å². The number of rotatable bonds is 2. The monoisotopic (exact) mass is 247 g/mol. The number of nitrogen functional groups attached to an aromatic ring is 2. The average molecular weight is 247 g/mol. The van der Waals surface area contributed by atoms with Crippen molar-refractivity contribution in [1.29, 1.82) is 0 Å². The Balaban J connectivity index is 2.08. The maximum atomic E-state index is 12.1. The van der Waals surface area contributed by atoms with Crippen molar-refractivity contribution >= 4 is 17.3 Å². The van der Waals surface area contributed by atoms with Gasteiger partial charge in [0, 0.05) is 23.0 Å². The van der Waals surface area contributed by atoms with E-state index in [1.165, 1.54) is 6.42 Å². The van der Waals surface area contributed by atoms with Crippen molar-refractivity contribution in [2.24, 2.45) is 11.8 Å². The van der Waals surface area contributed by atoms with Crippen molar-refractivity contribution in [2.45, 2.75) is 32.7 Å². The molecule has 0 radical (unpaired) electrons. The summed E-state index contributed by atoms with van der Waals surface area (Å²) in [6.45, 7) is 4.42. The van der Waals surface area contributed by atoms with Gasteiger partial charge >= 0.3 is 0 Å². The molecule has 1 aliphatic rings. The first-order valence-electron chi connectivity index (χ1n) is 6.44. The van der Waals surface area contributed by atoms with Gasteiger partial charge in [-0.25, -0.2) is 0 Å². The number of anilines is 2. The minimum Gasteiger partial charge on any atom is -0.399 e. The molecule has 4 heteroatoms. The highest BCUT2D eigenvalue weighted by molar-refractivity contribution is 5.96. The Bertz CT molecular complexity index is 438. The summed E-state index contributed by atoms with van der Waals surface area (Å²) in [5, 5.41) is 3.08. The number of benzene rings is 1. The molecule has 0 bridgehead atoms. The third-order valence-electron chi connectivity index (χ3n) is 4.02. The normalized spacial score (nSPS) is 27.1. The quantitative estimate of drug-likeness (QED) is 0.699. The van der Waals surface area contributed by atoms with Crippen LogP contribution in [0.4, 0.5) is 11.4 Å². The van der Waals surface area contributed by atoms with Crippen molar-refractivity contribution in [3.05, 3.63) is 23.8 Å². The lowest BCUT2D eigenvalue weighted by atomic mass is 9.97. The summed E-state index contributed by atoms with van der Waals surface area (Å²) in [4.78, 5) is 12.1. The molecule has 4 nitrogen and oxygen atoms in total. The molecule has 1 aromatic rings. The Morgan fingerprint density at radius 1 is 1.17 bits per heavy atom. The smallest absolute Gasteiger partial charge is 0.251 e. The summed E-state index contributed by atoms with van der Waals surface area (Å²) < 4.78 is 0. The summed E-state index contributed by atoms with van der Waals surface area (Å²) in [6.07, 6.45) is 2.22. The van der Waals surface area contributed by atoms with Crippen molar-refractivity contribution in [1.82, 2.24) is 5.32 Å². The van der Waals surface area contributed by atoms with E-state index in [0.29, 0.717) is 28.8 Å². The van der Waals surface area contributed by atoms with Crippen LogP contribution in [-0.2, 0) is 0 Å². The van der Waals surface area contributed by atoms with E-state index < -0.39 is 0 Å². The first kappa shape index (κ1) is 12.7. The van der Waals surface area contributed by atoms with Gasteiger partial charge in [0.25, 0.3) is 5.91 Å². The van der Waals surface area contributed by atoms with E-state index in [1.54, 1.807) is 18.2 Å². The fourth-order valence-corrected chi connectivity index (χ4v) is 2.63. The second-order valence-corrected chi connectivity index (χ2v) is 5.38. The Kier molecular flexibility index (Phi) is 3.45. The van der Waals surface area contributed by atoms with Crippen LogP contribution in [0.5, 0.6) is 0 Å². The zero-order valence-electron chi connectivity index (χ0n) is 10.9. The lowest BCUT2D eigenvalue weighted by Crippen LogP contribution is -2.37. The number of nitrogens with two attached hydrogens (primary N) is 2. The largest absolute Gasteiger partial charge is 0.399 e. The number of amides is 1. The topological polar surface area (TPSA) is 81.1 Å². The predicted octanol–water partition coefficient (Wildman–Crippen LogP) is 2.02. The second kappa shape index (κ2) is 4.88. The zero-order chi connectivity index (χ0) is 13.3. The Morgan fingerprint density at radius 3 is 2.28 bits per heavy atom. The van der Waals surface area contributed by atoms with Crippen LogP contribution in [-0.4, -0.2) is 11.9 Å². The molecule has 1 aliphatic carbocycles. The fourth-order valence-electron chi connectivity index (χ4n) is 2.63. The van der Waals surface area contributed by atoms with E-state index in [-0.39, 0.29) is 11.9 Å². The fraction of sp³-hybridized carbons (Fsp3) is 0.500.